The van der Waals surface area contributed by atoms with Crippen molar-refractivity contribution in [3.05, 3.63) is 78.4 Å². The number of anilines is 1. The molecule has 3 amide bonds. The molecule has 286 valence electrons. The number of hydrogen-bond donors (Lipinski definition) is 3. The number of aromatic nitrogens is 4. The third kappa shape index (κ3) is 8.13. The molecule has 1 aliphatic carbocycles. The number of nitrogens with zero attached hydrogens (tertiary/aromatic N) is 7. The molecule has 2 aromatic heterocycles. The highest BCUT2D eigenvalue weighted by Crippen LogP contribution is 2.37. The van der Waals surface area contributed by atoms with Crippen LogP contribution in [-0.4, -0.2) is 93.6 Å². The van der Waals surface area contributed by atoms with E-state index in [0.717, 1.165) is 75.0 Å². The van der Waals surface area contributed by atoms with Gasteiger partial charge in [0.15, 0.2) is 5.82 Å². The van der Waals surface area contributed by atoms with Crippen molar-refractivity contribution in [2.24, 2.45) is 22.6 Å². The van der Waals surface area contributed by atoms with E-state index >= 15 is 0 Å². The first-order chi connectivity index (χ1) is 26.7. The number of carbonyl (C=O) groups excluding carboxylic acids is 3. The average molecular weight is 750 g/mol. The maximum atomic E-state index is 14.7. The standard InChI is InChI=1S/C39H43FN10O5/c40-30-5-4-27(15-28(30)37(52)44-31-6-7-35(51)46-39(31)54)49-19-24(20-49)18-48-12-8-26(9-13-48)50-21-25-14-33(34(16-32(25)47-50)55-22-23-2-3-23)45-38(53)29(17-41)36-42-10-1-11-43-36/h1,4-5,10-11,14-17,21,23-24,26,31H,2-3,6-9,12-13,18-20,22,41H2,(H,44,52)(H,45,53)(H,46,51,54)/p-1/b29-17+. The van der Waals surface area contributed by atoms with Gasteiger partial charge in [-0.25, -0.2) is 14.4 Å². The number of carbonyl (C=O) groups is 3. The Labute approximate surface area is 316 Å². The molecule has 5 heterocycles. The first kappa shape index (κ1) is 36.1. The summed E-state index contributed by atoms with van der Waals surface area (Å²) in [5.74, 6) is -1.24. The lowest BCUT2D eigenvalue weighted by Crippen LogP contribution is -2.53. The number of rotatable bonds is 12. The third-order valence-electron chi connectivity index (χ3n) is 10.7. The molecule has 4 N–H and O–H groups in total. The Morgan fingerprint density at radius 3 is 2.58 bits per heavy atom. The number of halogens is 1. The zero-order valence-corrected chi connectivity index (χ0v) is 30.2. The minimum Gasteiger partial charge on any atom is -0.858 e. The van der Waals surface area contributed by atoms with Crippen LogP contribution in [0.4, 0.5) is 15.8 Å². The number of fused-ring (bicyclic) bond motifs is 1. The van der Waals surface area contributed by atoms with Crippen LogP contribution in [0.2, 0.25) is 0 Å². The summed E-state index contributed by atoms with van der Waals surface area (Å²) >= 11 is 0. The number of amides is 3. The third-order valence-corrected chi connectivity index (χ3v) is 10.7. The van der Waals surface area contributed by atoms with Gasteiger partial charge in [-0.3, -0.25) is 29.4 Å². The van der Waals surface area contributed by atoms with Crippen LogP contribution in [0, 0.1) is 17.7 Å². The van der Waals surface area contributed by atoms with Crippen molar-refractivity contribution in [3.8, 4) is 5.75 Å². The van der Waals surface area contributed by atoms with E-state index in [1.807, 2.05) is 23.0 Å². The van der Waals surface area contributed by atoms with Gasteiger partial charge in [-0.05, 0) is 68.4 Å². The monoisotopic (exact) mass is 749 g/mol. The largest absolute Gasteiger partial charge is 0.858 e. The van der Waals surface area contributed by atoms with E-state index in [1.165, 1.54) is 18.3 Å². The predicted octanol–water partition coefficient (Wildman–Crippen LogP) is 2.45. The molecule has 15 nitrogen and oxygen atoms in total. The zero-order valence-electron chi connectivity index (χ0n) is 30.2. The summed E-state index contributed by atoms with van der Waals surface area (Å²) in [7, 11) is 0. The first-order valence-electron chi connectivity index (χ1n) is 18.7. The zero-order chi connectivity index (χ0) is 38.1. The molecule has 4 fully saturated rings. The Balaban J connectivity index is 0.872. The van der Waals surface area contributed by atoms with Crippen LogP contribution in [0.1, 0.15) is 60.7 Å². The van der Waals surface area contributed by atoms with Gasteiger partial charge in [-0.1, -0.05) is 0 Å². The van der Waals surface area contributed by atoms with Crippen molar-refractivity contribution in [3.63, 3.8) is 0 Å². The molecule has 3 aliphatic heterocycles. The molecule has 1 atom stereocenters. The van der Waals surface area contributed by atoms with Crippen LogP contribution in [0.5, 0.6) is 5.75 Å². The number of piperidine rings is 2. The number of imide groups is 1. The minimum atomic E-state index is -0.877. The second kappa shape index (κ2) is 15.5. The Morgan fingerprint density at radius 1 is 1.07 bits per heavy atom. The van der Waals surface area contributed by atoms with E-state index in [1.54, 1.807) is 24.5 Å². The fourth-order valence-corrected chi connectivity index (χ4v) is 7.37. The van der Waals surface area contributed by atoms with Gasteiger partial charge in [-0.15, -0.1) is 0 Å². The summed E-state index contributed by atoms with van der Waals surface area (Å²) in [5, 5.41) is 23.8. The molecule has 3 saturated heterocycles. The summed E-state index contributed by atoms with van der Waals surface area (Å²) in [6, 6.07) is 9.16. The van der Waals surface area contributed by atoms with Crippen LogP contribution in [0.25, 0.3) is 16.5 Å². The number of ether oxygens (including phenoxy) is 1. The van der Waals surface area contributed by atoms with Gasteiger partial charge >= 0.3 is 0 Å². The molecule has 4 aromatic rings. The van der Waals surface area contributed by atoms with Gasteiger partial charge in [0.1, 0.15) is 23.3 Å². The van der Waals surface area contributed by atoms with E-state index in [-0.39, 0.29) is 41.8 Å². The summed E-state index contributed by atoms with van der Waals surface area (Å²) in [6.45, 7) is 4.88. The van der Waals surface area contributed by atoms with E-state index < -0.39 is 29.6 Å². The molecule has 1 saturated carbocycles. The molecule has 0 bridgehead atoms. The normalized spacial score (nSPS) is 20.4. The molecule has 2 aromatic carbocycles. The number of benzene rings is 2. The highest BCUT2D eigenvalue weighted by molar-refractivity contribution is 6.17. The minimum absolute atomic E-state index is 0.101. The van der Waals surface area contributed by atoms with E-state index in [4.69, 9.17) is 15.6 Å². The van der Waals surface area contributed by atoms with Gasteiger partial charge in [0.05, 0.1) is 23.7 Å². The summed E-state index contributed by atoms with van der Waals surface area (Å²) < 4.78 is 22.9. The fourth-order valence-electron chi connectivity index (χ4n) is 7.37. The number of aliphatic imine (C=N–C) groups is 1. The molecule has 55 heavy (non-hydrogen) atoms. The molecule has 0 spiro atoms. The smallest absolute Gasteiger partial charge is 0.254 e. The summed E-state index contributed by atoms with van der Waals surface area (Å²) in [6.07, 6.45) is 10.7. The SMILES string of the molecule is N/C=C(/C([O-])=Nc1cc2cn(C3CCN(CC4CN(c5ccc(F)c(C(=O)NC6CCC(=O)NC6=O)c5)C4)CC3)nc2cc1OCC1CC1)c1ncccn1. The van der Waals surface area contributed by atoms with Gasteiger partial charge < -0.3 is 30.7 Å². The molecular formula is C39H42FN10O5-. The Morgan fingerprint density at radius 2 is 1.85 bits per heavy atom. The number of nitrogens with two attached hydrogens (primary N) is 1. The summed E-state index contributed by atoms with van der Waals surface area (Å²) in [5.41, 5.74) is 7.69. The lowest BCUT2D eigenvalue weighted by molar-refractivity contribution is -0.210. The molecule has 8 rings (SSSR count). The lowest BCUT2D eigenvalue weighted by atomic mass is 9.96. The molecule has 4 aliphatic rings. The van der Waals surface area contributed by atoms with Crippen LogP contribution in [0.3, 0.4) is 0 Å². The Bertz CT molecular complexity index is 2160. The average Bonchev–Trinajstić information content (AvgIpc) is 3.91. The second-order valence-corrected chi connectivity index (χ2v) is 14.8. The molecule has 16 heteroatoms. The maximum Gasteiger partial charge on any atom is 0.254 e. The number of nitrogens with one attached hydrogen (secondary N) is 2. The molecule has 1 unspecified atom stereocenters. The fraction of sp³-hybridized carbons (Fsp3) is 0.410. The Hall–Kier alpha value is -5.90. The maximum absolute atomic E-state index is 14.7. The first-order valence-corrected chi connectivity index (χ1v) is 18.7. The number of likely N-dealkylation sites (tertiary alicyclic amines) is 1. The highest BCUT2D eigenvalue weighted by atomic mass is 19.1. The van der Waals surface area contributed by atoms with Crippen LogP contribution < -0.4 is 31.1 Å². The van der Waals surface area contributed by atoms with Gasteiger partial charge in [-0.2, -0.15) is 5.10 Å². The van der Waals surface area contributed by atoms with Crippen LogP contribution in [-0.2, 0) is 9.59 Å². The number of hydrogen-bond acceptors (Lipinski definition) is 12. The lowest BCUT2D eigenvalue weighted by Gasteiger charge is -2.44. The van der Waals surface area contributed by atoms with Crippen molar-refractivity contribution in [2.45, 2.75) is 50.6 Å². The van der Waals surface area contributed by atoms with Crippen LogP contribution in [0.15, 0.2) is 66.2 Å². The van der Waals surface area contributed by atoms with Crippen LogP contribution >= 0.6 is 0 Å². The van der Waals surface area contributed by atoms with E-state index in [2.05, 4.69) is 35.4 Å². The summed E-state index contributed by atoms with van der Waals surface area (Å²) in [4.78, 5) is 53.7. The van der Waals surface area contributed by atoms with E-state index in [0.29, 0.717) is 29.9 Å². The second-order valence-electron chi connectivity index (χ2n) is 14.8. The van der Waals surface area contributed by atoms with Gasteiger partial charge in [0.25, 0.3) is 5.91 Å². The topological polar surface area (TPSA) is 196 Å². The van der Waals surface area contributed by atoms with Crippen molar-refractivity contribution < 1.29 is 28.6 Å². The molecule has 0 radical (unpaired) electrons. The van der Waals surface area contributed by atoms with Crippen molar-refractivity contribution in [2.75, 3.05) is 44.2 Å². The van der Waals surface area contributed by atoms with E-state index in [9.17, 15) is 23.9 Å². The van der Waals surface area contributed by atoms with Crippen molar-refractivity contribution >= 4 is 51.5 Å². The van der Waals surface area contributed by atoms with Crippen molar-refractivity contribution in [1.82, 2.24) is 35.3 Å². The Kier molecular flexibility index (Phi) is 10.1. The quantitative estimate of drug-likeness (QED) is 0.109. The van der Waals surface area contributed by atoms with Gasteiger partial charge in [0.2, 0.25) is 11.8 Å². The molecular weight excluding hydrogens is 707 g/mol. The van der Waals surface area contributed by atoms with Gasteiger partial charge in [0, 0.05) is 98.5 Å². The van der Waals surface area contributed by atoms with Crippen molar-refractivity contribution in [1.29, 1.82) is 0 Å². The highest BCUT2D eigenvalue weighted by Gasteiger charge is 2.33. The predicted molar refractivity (Wildman–Crippen MR) is 200 cm³/mol.